The van der Waals surface area contributed by atoms with Gasteiger partial charge in [-0.3, -0.25) is 4.79 Å². The molecule has 0 bridgehead atoms. The number of ether oxygens (including phenoxy) is 1. The molecule has 2 rings (SSSR count). The van der Waals surface area contributed by atoms with Gasteiger partial charge in [-0.1, -0.05) is 12.1 Å². The fourth-order valence-electron chi connectivity index (χ4n) is 2.10. The van der Waals surface area contributed by atoms with Gasteiger partial charge in [0.25, 0.3) is 0 Å². The maximum Gasteiger partial charge on any atom is 0.408 e. The molecule has 0 spiro atoms. The molecule has 1 aromatic carbocycles. The van der Waals surface area contributed by atoms with Crippen LogP contribution in [-0.4, -0.2) is 38.9 Å². The zero-order valence-corrected chi connectivity index (χ0v) is 14.8. The highest BCUT2D eigenvalue weighted by atomic mass is 16.6. The molecule has 0 saturated carbocycles. The van der Waals surface area contributed by atoms with Gasteiger partial charge in [0, 0.05) is 0 Å². The Morgan fingerprint density at radius 1 is 1.24 bits per heavy atom. The van der Waals surface area contributed by atoms with Gasteiger partial charge in [-0.15, -0.1) is 0 Å². The predicted molar refractivity (Wildman–Crippen MR) is 92.2 cm³/mol. The van der Waals surface area contributed by atoms with Gasteiger partial charge in [0.1, 0.15) is 24.8 Å². The molecular formula is C17H23N5O3. The first-order chi connectivity index (χ1) is 11.7. The molecule has 134 valence electrons. The van der Waals surface area contributed by atoms with Crippen molar-refractivity contribution in [1.82, 2.24) is 25.4 Å². The molecule has 25 heavy (non-hydrogen) atoms. The first kappa shape index (κ1) is 18.4. The summed E-state index contributed by atoms with van der Waals surface area (Å²) in [5, 5.41) is 9.32. The van der Waals surface area contributed by atoms with E-state index in [1.807, 2.05) is 31.2 Å². The molecular weight excluding hydrogens is 322 g/mol. The number of alkyl carbamates (subject to hydrolysis) is 1. The first-order valence-corrected chi connectivity index (χ1v) is 7.96. The Balaban J connectivity index is 1.83. The zero-order valence-electron chi connectivity index (χ0n) is 14.8. The highest BCUT2D eigenvalue weighted by Crippen LogP contribution is 2.15. The van der Waals surface area contributed by atoms with Crippen LogP contribution < -0.4 is 10.6 Å². The molecule has 0 aliphatic rings. The van der Waals surface area contributed by atoms with Crippen molar-refractivity contribution in [2.24, 2.45) is 0 Å². The van der Waals surface area contributed by atoms with Crippen LogP contribution in [-0.2, 0) is 9.53 Å². The van der Waals surface area contributed by atoms with Gasteiger partial charge in [-0.2, -0.15) is 5.10 Å². The molecule has 0 aliphatic heterocycles. The van der Waals surface area contributed by atoms with Gasteiger partial charge in [-0.25, -0.2) is 14.5 Å². The van der Waals surface area contributed by atoms with Gasteiger partial charge in [0.15, 0.2) is 0 Å². The summed E-state index contributed by atoms with van der Waals surface area (Å²) in [6.07, 6.45) is 2.46. The quantitative estimate of drug-likeness (QED) is 0.863. The second-order valence-corrected chi connectivity index (χ2v) is 6.58. The number of rotatable bonds is 5. The maximum absolute atomic E-state index is 11.9. The van der Waals surface area contributed by atoms with Crippen LogP contribution in [0.2, 0.25) is 0 Å². The normalized spacial score (nSPS) is 12.3. The topological polar surface area (TPSA) is 98.1 Å². The van der Waals surface area contributed by atoms with Crippen LogP contribution >= 0.6 is 0 Å². The summed E-state index contributed by atoms with van der Waals surface area (Å²) in [6.45, 7) is 7.01. The van der Waals surface area contributed by atoms with E-state index < -0.39 is 11.7 Å². The SMILES string of the molecule is C[C@@H](NC(=O)CNC(=O)OC(C)(C)C)c1ccc(-n2cncn2)cc1. The van der Waals surface area contributed by atoms with Crippen molar-refractivity contribution in [3.05, 3.63) is 42.5 Å². The fraction of sp³-hybridized carbons (Fsp3) is 0.412. The van der Waals surface area contributed by atoms with Gasteiger partial charge in [-0.05, 0) is 45.4 Å². The largest absolute Gasteiger partial charge is 0.444 e. The Labute approximate surface area is 146 Å². The summed E-state index contributed by atoms with van der Waals surface area (Å²) in [7, 11) is 0. The van der Waals surface area contributed by atoms with Crippen LogP contribution in [0.15, 0.2) is 36.9 Å². The third-order valence-corrected chi connectivity index (χ3v) is 3.25. The molecule has 8 nitrogen and oxygen atoms in total. The van der Waals surface area contributed by atoms with Crippen molar-refractivity contribution in [1.29, 1.82) is 0 Å². The van der Waals surface area contributed by atoms with E-state index in [4.69, 9.17) is 4.74 Å². The lowest BCUT2D eigenvalue weighted by molar-refractivity contribution is -0.120. The molecule has 8 heteroatoms. The van der Waals surface area contributed by atoms with Crippen LogP contribution in [0.4, 0.5) is 4.79 Å². The van der Waals surface area contributed by atoms with Crippen molar-refractivity contribution in [2.75, 3.05) is 6.54 Å². The number of amides is 2. The van der Waals surface area contributed by atoms with Crippen molar-refractivity contribution in [2.45, 2.75) is 39.3 Å². The van der Waals surface area contributed by atoms with Crippen molar-refractivity contribution in [3.63, 3.8) is 0 Å². The molecule has 0 radical (unpaired) electrons. The highest BCUT2D eigenvalue weighted by Gasteiger charge is 2.17. The number of benzene rings is 1. The fourth-order valence-corrected chi connectivity index (χ4v) is 2.10. The molecule has 0 fully saturated rings. The number of nitrogens with zero attached hydrogens (tertiary/aromatic N) is 3. The lowest BCUT2D eigenvalue weighted by atomic mass is 10.1. The molecule has 1 aromatic heterocycles. The van der Waals surface area contributed by atoms with Crippen LogP contribution in [0.25, 0.3) is 5.69 Å². The molecule has 0 unspecified atom stereocenters. The van der Waals surface area contributed by atoms with Crippen LogP contribution in [0.3, 0.4) is 0 Å². The Morgan fingerprint density at radius 2 is 1.92 bits per heavy atom. The highest BCUT2D eigenvalue weighted by molar-refractivity contribution is 5.82. The molecule has 2 aromatic rings. The molecule has 1 atom stereocenters. The minimum atomic E-state index is -0.618. The van der Waals surface area contributed by atoms with E-state index >= 15 is 0 Å². The van der Waals surface area contributed by atoms with E-state index in [2.05, 4.69) is 20.7 Å². The lowest BCUT2D eigenvalue weighted by Crippen LogP contribution is -2.40. The van der Waals surface area contributed by atoms with Crippen molar-refractivity contribution in [3.8, 4) is 5.69 Å². The first-order valence-electron chi connectivity index (χ1n) is 7.96. The Morgan fingerprint density at radius 3 is 2.48 bits per heavy atom. The third kappa shape index (κ3) is 5.91. The molecule has 2 N–H and O–H groups in total. The predicted octanol–water partition coefficient (Wildman–Crippen LogP) is 1.97. The van der Waals surface area contributed by atoms with Crippen molar-refractivity contribution >= 4 is 12.0 Å². The van der Waals surface area contributed by atoms with E-state index in [0.717, 1.165) is 11.3 Å². The van der Waals surface area contributed by atoms with Crippen LogP contribution in [0.5, 0.6) is 0 Å². The number of carbonyl (C=O) groups is 2. The second kappa shape index (κ2) is 7.78. The average Bonchev–Trinajstić information content (AvgIpc) is 3.06. The number of aromatic nitrogens is 3. The summed E-state index contributed by atoms with van der Waals surface area (Å²) in [4.78, 5) is 27.4. The summed E-state index contributed by atoms with van der Waals surface area (Å²) in [6, 6.07) is 7.40. The van der Waals surface area contributed by atoms with Gasteiger partial charge in [0.2, 0.25) is 5.91 Å². The monoisotopic (exact) mass is 345 g/mol. The van der Waals surface area contributed by atoms with E-state index in [9.17, 15) is 9.59 Å². The van der Waals surface area contributed by atoms with E-state index in [1.165, 1.54) is 6.33 Å². The Bertz CT molecular complexity index is 705. The summed E-state index contributed by atoms with van der Waals surface area (Å²) >= 11 is 0. The average molecular weight is 345 g/mol. The number of carbonyl (C=O) groups excluding carboxylic acids is 2. The van der Waals surface area contributed by atoms with E-state index in [1.54, 1.807) is 31.8 Å². The summed E-state index contributed by atoms with van der Waals surface area (Å²) in [5.41, 5.74) is 1.22. The molecule has 2 amide bonds. The third-order valence-electron chi connectivity index (χ3n) is 3.25. The zero-order chi connectivity index (χ0) is 18.4. The van der Waals surface area contributed by atoms with E-state index in [0.29, 0.717) is 0 Å². The van der Waals surface area contributed by atoms with Crippen LogP contribution in [0, 0.1) is 0 Å². The van der Waals surface area contributed by atoms with Gasteiger partial charge < -0.3 is 15.4 Å². The number of hydrogen-bond donors (Lipinski definition) is 2. The number of hydrogen-bond acceptors (Lipinski definition) is 5. The maximum atomic E-state index is 11.9. The Hall–Kier alpha value is -2.90. The second-order valence-electron chi connectivity index (χ2n) is 6.58. The lowest BCUT2D eigenvalue weighted by Gasteiger charge is -2.20. The smallest absolute Gasteiger partial charge is 0.408 e. The minimum Gasteiger partial charge on any atom is -0.444 e. The summed E-state index contributed by atoms with van der Waals surface area (Å²) < 4.78 is 6.73. The van der Waals surface area contributed by atoms with Crippen LogP contribution in [0.1, 0.15) is 39.3 Å². The minimum absolute atomic E-state index is 0.143. The van der Waals surface area contributed by atoms with Gasteiger partial charge >= 0.3 is 6.09 Å². The number of nitrogens with one attached hydrogen (secondary N) is 2. The Kier molecular flexibility index (Phi) is 5.74. The standard InChI is InChI=1S/C17H23N5O3/c1-12(21-15(23)9-19-16(24)25-17(2,3)4)13-5-7-14(8-6-13)22-11-18-10-20-22/h5-8,10-12H,9H2,1-4H3,(H,19,24)(H,21,23)/t12-/m1/s1. The van der Waals surface area contributed by atoms with Crippen molar-refractivity contribution < 1.29 is 14.3 Å². The molecule has 0 aliphatic carbocycles. The van der Waals surface area contributed by atoms with Gasteiger partial charge in [0.05, 0.1) is 11.7 Å². The summed E-state index contributed by atoms with van der Waals surface area (Å²) in [5.74, 6) is -0.293. The molecule has 0 saturated heterocycles. The van der Waals surface area contributed by atoms with E-state index in [-0.39, 0.29) is 18.5 Å². The molecule has 1 heterocycles.